The van der Waals surface area contributed by atoms with Gasteiger partial charge in [0, 0.05) is 0 Å². The number of unbranched alkanes of at least 4 members (excludes halogenated alkanes) is 12. The van der Waals surface area contributed by atoms with Crippen LogP contribution in [0, 0.1) is 0 Å². The molecule has 122 valence electrons. The second-order valence-corrected chi connectivity index (χ2v) is 6.47. The van der Waals surface area contributed by atoms with E-state index in [9.17, 15) is 5.11 Å². The van der Waals surface area contributed by atoms with E-state index < -0.39 is 0 Å². The number of rotatable bonds is 16. The van der Waals surface area contributed by atoms with Crippen molar-refractivity contribution in [2.45, 2.75) is 123 Å². The number of aliphatic hydroxyl groups excluding tert-OH is 1. The molecule has 0 bridgehead atoms. The van der Waals surface area contributed by atoms with Crippen LogP contribution in [0.3, 0.4) is 0 Å². The van der Waals surface area contributed by atoms with Crippen LogP contribution in [0.1, 0.15) is 117 Å². The average molecular weight is 285 g/mol. The highest BCUT2D eigenvalue weighted by Gasteiger charge is 2.03. The van der Waals surface area contributed by atoms with Crippen LogP contribution in [0.5, 0.6) is 0 Å². The summed E-state index contributed by atoms with van der Waals surface area (Å²) in [4.78, 5) is 0. The molecule has 0 saturated heterocycles. The summed E-state index contributed by atoms with van der Waals surface area (Å²) in [6.45, 7) is 4.53. The molecular weight excluding hydrogens is 244 g/mol. The van der Waals surface area contributed by atoms with E-state index in [0.717, 1.165) is 12.8 Å². The molecule has 0 rings (SSSR count). The molecule has 20 heavy (non-hydrogen) atoms. The molecule has 0 amide bonds. The summed E-state index contributed by atoms with van der Waals surface area (Å²) in [5.74, 6) is 0. The zero-order valence-corrected chi connectivity index (χ0v) is 14.3. The van der Waals surface area contributed by atoms with Crippen LogP contribution in [0.15, 0.2) is 0 Å². The van der Waals surface area contributed by atoms with Gasteiger partial charge in [-0.1, -0.05) is 104 Å². The van der Waals surface area contributed by atoms with Gasteiger partial charge in [-0.05, 0) is 12.8 Å². The largest absolute Gasteiger partial charge is 0.393 e. The molecule has 1 heteroatoms. The molecule has 0 spiro atoms. The monoisotopic (exact) mass is 284 g/mol. The van der Waals surface area contributed by atoms with Crippen molar-refractivity contribution < 1.29 is 5.11 Å². The Labute approximate surface area is 128 Å². The van der Waals surface area contributed by atoms with Gasteiger partial charge in [0.2, 0.25) is 0 Å². The zero-order valence-electron chi connectivity index (χ0n) is 14.3. The van der Waals surface area contributed by atoms with Crippen molar-refractivity contribution in [1.82, 2.24) is 0 Å². The van der Waals surface area contributed by atoms with Crippen molar-refractivity contribution in [1.29, 1.82) is 0 Å². The van der Waals surface area contributed by atoms with Crippen LogP contribution in [-0.4, -0.2) is 11.2 Å². The summed E-state index contributed by atoms with van der Waals surface area (Å²) >= 11 is 0. The van der Waals surface area contributed by atoms with Gasteiger partial charge in [-0.3, -0.25) is 0 Å². The molecule has 1 nitrogen and oxygen atoms in total. The van der Waals surface area contributed by atoms with E-state index in [1.54, 1.807) is 0 Å². The zero-order chi connectivity index (χ0) is 14.9. The molecule has 0 unspecified atom stereocenters. The molecule has 0 radical (unpaired) electrons. The molecular formula is C19H40O. The van der Waals surface area contributed by atoms with Gasteiger partial charge in [0.1, 0.15) is 0 Å². The first-order valence-corrected chi connectivity index (χ1v) is 9.49. The Morgan fingerprint density at radius 2 is 0.800 bits per heavy atom. The van der Waals surface area contributed by atoms with E-state index in [0.29, 0.717) is 0 Å². The lowest BCUT2D eigenvalue weighted by molar-refractivity contribution is 0.147. The van der Waals surface area contributed by atoms with Crippen molar-refractivity contribution in [3.8, 4) is 0 Å². The molecule has 0 heterocycles. The summed E-state index contributed by atoms with van der Waals surface area (Å²) in [7, 11) is 0. The fourth-order valence-corrected chi connectivity index (χ4v) is 2.82. The van der Waals surface area contributed by atoms with Gasteiger partial charge in [0.25, 0.3) is 0 Å². The number of aliphatic hydroxyl groups is 1. The highest BCUT2D eigenvalue weighted by molar-refractivity contribution is 4.57. The Bertz CT molecular complexity index is 149. The second kappa shape index (κ2) is 17.0. The lowest BCUT2D eigenvalue weighted by Crippen LogP contribution is -2.05. The average Bonchev–Trinajstić information content (AvgIpc) is 2.45. The normalized spacial score (nSPS) is 11.4. The van der Waals surface area contributed by atoms with Gasteiger partial charge in [-0.25, -0.2) is 0 Å². The standard InChI is InChI=1S/C19H40O/c1-3-5-7-9-11-13-15-17-19(20)18-16-14-12-10-8-6-4-2/h19-20H,3-18H2,1-2H3. The van der Waals surface area contributed by atoms with Crippen molar-refractivity contribution in [3.63, 3.8) is 0 Å². The van der Waals surface area contributed by atoms with Gasteiger partial charge < -0.3 is 5.11 Å². The Morgan fingerprint density at radius 3 is 1.15 bits per heavy atom. The van der Waals surface area contributed by atoms with E-state index in [-0.39, 0.29) is 6.10 Å². The Hall–Kier alpha value is -0.0400. The SMILES string of the molecule is CCCCCCCCCC(O)CCCCCCCCC. The van der Waals surface area contributed by atoms with Crippen molar-refractivity contribution >= 4 is 0 Å². The minimum absolute atomic E-state index is 0.0266. The van der Waals surface area contributed by atoms with Gasteiger partial charge >= 0.3 is 0 Å². The predicted octanol–water partition coefficient (Wildman–Crippen LogP) is 6.63. The van der Waals surface area contributed by atoms with Crippen LogP contribution in [0.4, 0.5) is 0 Å². The quantitative estimate of drug-likeness (QED) is 0.315. The van der Waals surface area contributed by atoms with Crippen LogP contribution in [0.25, 0.3) is 0 Å². The molecule has 0 aromatic heterocycles. The van der Waals surface area contributed by atoms with E-state index >= 15 is 0 Å². The summed E-state index contributed by atoms with van der Waals surface area (Å²) in [5.41, 5.74) is 0. The molecule has 0 aliphatic carbocycles. The lowest BCUT2D eigenvalue weighted by Gasteiger charge is -2.10. The topological polar surface area (TPSA) is 20.2 Å². The van der Waals surface area contributed by atoms with Crippen molar-refractivity contribution in [3.05, 3.63) is 0 Å². The first-order chi connectivity index (χ1) is 9.81. The Balaban J connectivity index is 3.11. The van der Waals surface area contributed by atoms with Crippen LogP contribution >= 0.6 is 0 Å². The summed E-state index contributed by atoms with van der Waals surface area (Å²) in [5, 5.41) is 9.93. The third-order valence-corrected chi connectivity index (χ3v) is 4.28. The minimum Gasteiger partial charge on any atom is -0.393 e. The van der Waals surface area contributed by atoms with E-state index in [1.165, 1.54) is 89.9 Å². The van der Waals surface area contributed by atoms with Crippen molar-refractivity contribution in [2.24, 2.45) is 0 Å². The number of hydrogen-bond acceptors (Lipinski definition) is 1. The minimum atomic E-state index is -0.0266. The maximum absolute atomic E-state index is 9.93. The van der Waals surface area contributed by atoms with E-state index in [1.807, 2.05) is 0 Å². The second-order valence-electron chi connectivity index (χ2n) is 6.47. The summed E-state index contributed by atoms with van der Waals surface area (Å²) in [6.07, 6.45) is 20.9. The predicted molar refractivity (Wildman–Crippen MR) is 91.2 cm³/mol. The first-order valence-electron chi connectivity index (χ1n) is 9.49. The van der Waals surface area contributed by atoms with Crippen LogP contribution in [0.2, 0.25) is 0 Å². The molecule has 0 aliphatic rings. The Kier molecular flexibility index (Phi) is 17.0. The van der Waals surface area contributed by atoms with Crippen molar-refractivity contribution in [2.75, 3.05) is 0 Å². The molecule has 0 atom stereocenters. The van der Waals surface area contributed by atoms with Crippen LogP contribution in [-0.2, 0) is 0 Å². The summed E-state index contributed by atoms with van der Waals surface area (Å²) in [6, 6.07) is 0. The molecule has 0 saturated carbocycles. The maximum Gasteiger partial charge on any atom is 0.0540 e. The Morgan fingerprint density at radius 1 is 0.500 bits per heavy atom. The molecule has 0 aromatic rings. The lowest BCUT2D eigenvalue weighted by atomic mass is 10.0. The highest BCUT2D eigenvalue weighted by atomic mass is 16.3. The summed E-state index contributed by atoms with van der Waals surface area (Å²) < 4.78 is 0. The third kappa shape index (κ3) is 16.0. The molecule has 0 fully saturated rings. The van der Waals surface area contributed by atoms with E-state index in [4.69, 9.17) is 0 Å². The first kappa shape index (κ1) is 20.0. The fourth-order valence-electron chi connectivity index (χ4n) is 2.82. The molecule has 0 aromatic carbocycles. The molecule has 1 N–H and O–H groups in total. The highest BCUT2D eigenvalue weighted by Crippen LogP contribution is 2.14. The van der Waals surface area contributed by atoms with Gasteiger partial charge in [0.15, 0.2) is 0 Å². The van der Waals surface area contributed by atoms with Crippen LogP contribution < -0.4 is 0 Å². The van der Waals surface area contributed by atoms with Gasteiger partial charge in [-0.2, -0.15) is 0 Å². The smallest absolute Gasteiger partial charge is 0.0540 e. The van der Waals surface area contributed by atoms with Gasteiger partial charge in [-0.15, -0.1) is 0 Å². The third-order valence-electron chi connectivity index (χ3n) is 4.28. The molecule has 0 aliphatic heterocycles. The van der Waals surface area contributed by atoms with E-state index in [2.05, 4.69) is 13.8 Å². The van der Waals surface area contributed by atoms with Gasteiger partial charge in [0.05, 0.1) is 6.10 Å². The fraction of sp³-hybridized carbons (Fsp3) is 1.00. The maximum atomic E-state index is 9.93. The number of hydrogen-bond donors (Lipinski definition) is 1.